The normalized spacial score (nSPS) is 23.6. The molecule has 2 heteroatoms. The predicted molar refractivity (Wildman–Crippen MR) is 80.4 cm³/mol. The second-order valence-corrected chi connectivity index (χ2v) is 6.30. The Balaban J connectivity index is 2.19. The number of carbonyl (C=O) groups is 1. The fraction of sp³-hybridized carbons (Fsp3) is 0.556. The number of hydrogen-bond acceptors (Lipinski definition) is 2. The highest BCUT2D eigenvalue weighted by atomic mass is 16.1. The van der Waals surface area contributed by atoms with Crippen LogP contribution in [-0.2, 0) is 4.79 Å². The zero-order valence-electron chi connectivity index (χ0n) is 12.6. The molecule has 0 heterocycles. The minimum atomic E-state index is -0.596. The van der Waals surface area contributed by atoms with E-state index in [1.807, 2.05) is 24.3 Å². The topological polar surface area (TPSA) is 40.9 Å². The van der Waals surface area contributed by atoms with Crippen LogP contribution in [-0.4, -0.2) is 5.78 Å². The van der Waals surface area contributed by atoms with Gasteiger partial charge in [-0.25, -0.2) is 0 Å². The van der Waals surface area contributed by atoms with Crippen molar-refractivity contribution in [3.8, 4) is 6.07 Å². The van der Waals surface area contributed by atoms with Crippen molar-refractivity contribution in [2.45, 2.75) is 51.9 Å². The van der Waals surface area contributed by atoms with Gasteiger partial charge in [0.25, 0.3) is 0 Å². The summed E-state index contributed by atoms with van der Waals surface area (Å²) < 4.78 is 0. The van der Waals surface area contributed by atoms with Gasteiger partial charge in [-0.3, -0.25) is 4.79 Å². The van der Waals surface area contributed by atoms with E-state index in [4.69, 9.17) is 0 Å². The van der Waals surface area contributed by atoms with Crippen molar-refractivity contribution < 1.29 is 4.79 Å². The molecule has 3 atom stereocenters. The summed E-state index contributed by atoms with van der Waals surface area (Å²) in [5.74, 6) is 0.490. The molecular weight excluding hydrogens is 246 g/mol. The van der Waals surface area contributed by atoms with Crippen LogP contribution in [0.15, 0.2) is 24.3 Å². The Morgan fingerprint density at radius 1 is 1.20 bits per heavy atom. The molecule has 20 heavy (non-hydrogen) atoms. The lowest BCUT2D eigenvalue weighted by Crippen LogP contribution is -2.23. The number of benzene rings is 1. The fourth-order valence-corrected chi connectivity index (χ4v) is 3.16. The molecule has 0 saturated heterocycles. The molecule has 2 nitrogen and oxygen atoms in total. The number of carbonyl (C=O) groups excluding carboxylic acids is 1. The largest absolute Gasteiger partial charge is 0.298 e. The Morgan fingerprint density at radius 2 is 1.80 bits per heavy atom. The van der Waals surface area contributed by atoms with Crippen LogP contribution in [0.5, 0.6) is 0 Å². The molecule has 0 amide bonds. The zero-order valence-corrected chi connectivity index (χ0v) is 12.6. The standard InChI is InChI=1S/C18H23NO/c1-12(2)14-7-9-15(10-8-14)17(11-19)18(20)16-6-4-5-13(16)3/h7-10,12-13,16-17H,4-6H2,1-3H3. The van der Waals surface area contributed by atoms with Crippen LogP contribution >= 0.6 is 0 Å². The van der Waals surface area contributed by atoms with Crippen LogP contribution in [0.3, 0.4) is 0 Å². The fourth-order valence-electron chi connectivity index (χ4n) is 3.16. The molecule has 0 bridgehead atoms. The smallest absolute Gasteiger partial charge is 0.157 e. The van der Waals surface area contributed by atoms with Gasteiger partial charge in [-0.2, -0.15) is 5.26 Å². The summed E-state index contributed by atoms with van der Waals surface area (Å²) in [4.78, 5) is 12.6. The van der Waals surface area contributed by atoms with Crippen molar-refractivity contribution in [3.63, 3.8) is 0 Å². The lowest BCUT2D eigenvalue weighted by atomic mass is 9.83. The molecule has 0 spiro atoms. The zero-order chi connectivity index (χ0) is 14.7. The quantitative estimate of drug-likeness (QED) is 0.811. The first-order valence-electron chi connectivity index (χ1n) is 7.57. The second-order valence-electron chi connectivity index (χ2n) is 6.30. The summed E-state index contributed by atoms with van der Waals surface area (Å²) in [6.45, 7) is 6.41. The van der Waals surface area contributed by atoms with Gasteiger partial charge < -0.3 is 0 Å². The molecule has 1 aromatic rings. The molecule has 106 valence electrons. The van der Waals surface area contributed by atoms with Crippen LogP contribution in [0.4, 0.5) is 0 Å². The van der Waals surface area contributed by atoms with Gasteiger partial charge in [0.15, 0.2) is 5.78 Å². The van der Waals surface area contributed by atoms with E-state index in [-0.39, 0.29) is 11.7 Å². The van der Waals surface area contributed by atoms with E-state index in [0.717, 1.165) is 24.8 Å². The molecule has 0 radical (unpaired) electrons. The van der Waals surface area contributed by atoms with E-state index in [1.54, 1.807) is 0 Å². The number of Topliss-reactive ketones (excluding diaryl/α,β-unsaturated/α-hetero) is 1. The highest BCUT2D eigenvalue weighted by Gasteiger charge is 2.34. The van der Waals surface area contributed by atoms with Crippen molar-refractivity contribution in [3.05, 3.63) is 35.4 Å². The van der Waals surface area contributed by atoms with E-state index in [9.17, 15) is 10.1 Å². The minimum absolute atomic E-state index is 0.0735. The number of rotatable bonds is 4. The predicted octanol–water partition coefficient (Wildman–Crippen LogP) is 4.42. The number of hydrogen-bond donors (Lipinski definition) is 0. The Kier molecular flexibility index (Phi) is 4.60. The molecule has 0 aromatic heterocycles. The summed E-state index contributed by atoms with van der Waals surface area (Å²) >= 11 is 0. The molecule has 1 saturated carbocycles. The van der Waals surface area contributed by atoms with E-state index >= 15 is 0 Å². The number of ketones is 1. The van der Waals surface area contributed by atoms with Crippen LogP contribution in [0.2, 0.25) is 0 Å². The minimum Gasteiger partial charge on any atom is -0.298 e. The Morgan fingerprint density at radius 3 is 2.25 bits per heavy atom. The van der Waals surface area contributed by atoms with Crippen LogP contribution in [0, 0.1) is 23.2 Å². The third kappa shape index (κ3) is 2.93. The molecule has 1 aromatic carbocycles. The van der Waals surface area contributed by atoms with Gasteiger partial charge in [0.1, 0.15) is 5.92 Å². The molecule has 1 fully saturated rings. The van der Waals surface area contributed by atoms with Gasteiger partial charge in [-0.05, 0) is 35.8 Å². The van der Waals surface area contributed by atoms with E-state index in [0.29, 0.717) is 11.8 Å². The lowest BCUT2D eigenvalue weighted by Gasteiger charge is -2.18. The number of nitrogens with zero attached hydrogens (tertiary/aromatic N) is 1. The van der Waals surface area contributed by atoms with Crippen molar-refractivity contribution in [2.24, 2.45) is 11.8 Å². The van der Waals surface area contributed by atoms with Crippen molar-refractivity contribution in [1.82, 2.24) is 0 Å². The second kappa shape index (κ2) is 6.22. The summed E-state index contributed by atoms with van der Waals surface area (Å²) in [6, 6.07) is 10.2. The van der Waals surface area contributed by atoms with Crippen molar-refractivity contribution >= 4 is 5.78 Å². The summed E-state index contributed by atoms with van der Waals surface area (Å²) in [5, 5.41) is 9.40. The summed E-state index contributed by atoms with van der Waals surface area (Å²) in [7, 11) is 0. The Labute approximate surface area is 121 Å². The first kappa shape index (κ1) is 14.8. The Bertz CT molecular complexity index is 509. The average molecular weight is 269 g/mol. The maximum atomic E-state index is 12.6. The van der Waals surface area contributed by atoms with Gasteiger partial charge in [-0.1, -0.05) is 51.5 Å². The third-order valence-corrected chi connectivity index (χ3v) is 4.58. The van der Waals surface area contributed by atoms with Crippen molar-refractivity contribution in [1.29, 1.82) is 5.26 Å². The Hall–Kier alpha value is -1.62. The SMILES string of the molecule is CC(C)c1ccc(C(C#N)C(=O)C2CCCC2C)cc1. The number of nitriles is 1. The highest BCUT2D eigenvalue weighted by Crippen LogP contribution is 2.35. The van der Waals surface area contributed by atoms with Gasteiger partial charge >= 0.3 is 0 Å². The van der Waals surface area contributed by atoms with E-state index in [1.165, 1.54) is 5.56 Å². The summed E-state index contributed by atoms with van der Waals surface area (Å²) in [6.07, 6.45) is 3.17. The van der Waals surface area contributed by atoms with E-state index < -0.39 is 5.92 Å². The van der Waals surface area contributed by atoms with E-state index in [2.05, 4.69) is 26.8 Å². The maximum Gasteiger partial charge on any atom is 0.157 e. The van der Waals surface area contributed by atoms with Crippen LogP contribution in [0.25, 0.3) is 0 Å². The third-order valence-electron chi connectivity index (χ3n) is 4.58. The van der Waals surface area contributed by atoms with Gasteiger partial charge in [-0.15, -0.1) is 0 Å². The molecule has 0 N–H and O–H groups in total. The molecule has 1 aliphatic rings. The molecule has 0 aliphatic heterocycles. The monoisotopic (exact) mass is 269 g/mol. The molecule has 1 aliphatic carbocycles. The molecule has 2 rings (SSSR count). The van der Waals surface area contributed by atoms with Crippen LogP contribution < -0.4 is 0 Å². The van der Waals surface area contributed by atoms with Crippen molar-refractivity contribution in [2.75, 3.05) is 0 Å². The first-order chi connectivity index (χ1) is 9.54. The maximum absolute atomic E-state index is 12.6. The highest BCUT2D eigenvalue weighted by molar-refractivity contribution is 5.90. The van der Waals surface area contributed by atoms with Gasteiger partial charge in [0.05, 0.1) is 6.07 Å². The van der Waals surface area contributed by atoms with Gasteiger partial charge in [0.2, 0.25) is 0 Å². The molecular formula is C18H23NO. The average Bonchev–Trinajstić information content (AvgIpc) is 2.86. The lowest BCUT2D eigenvalue weighted by molar-refractivity contribution is -0.124. The van der Waals surface area contributed by atoms with Gasteiger partial charge in [0, 0.05) is 5.92 Å². The molecule has 3 unspecified atom stereocenters. The van der Waals surface area contributed by atoms with Crippen LogP contribution in [0.1, 0.15) is 63.0 Å². The first-order valence-corrected chi connectivity index (χ1v) is 7.57. The summed E-state index contributed by atoms with van der Waals surface area (Å²) in [5.41, 5.74) is 2.09.